The molecule has 2 amide bonds. The highest BCUT2D eigenvalue weighted by molar-refractivity contribution is 5.81. The highest BCUT2D eigenvalue weighted by Crippen LogP contribution is 2.58. The zero-order chi connectivity index (χ0) is 25.4. The van der Waals surface area contributed by atoms with Gasteiger partial charge in [-0.05, 0) is 47.1 Å². The summed E-state index contributed by atoms with van der Waals surface area (Å²) in [6, 6.07) is 0. The van der Waals surface area contributed by atoms with E-state index in [1.807, 2.05) is 7.05 Å². The number of likely N-dealkylation sites (N-methyl/N-ethyl adjacent to an activating group) is 1. The Balaban J connectivity index is 0.000000220. The number of carboxylic acid groups (broad SMARTS) is 1. The van der Waals surface area contributed by atoms with Gasteiger partial charge in [-0.15, -0.1) is 0 Å². The number of piperazine rings is 1. The van der Waals surface area contributed by atoms with Crippen molar-refractivity contribution in [1.82, 2.24) is 15.1 Å². The minimum atomic E-state index is -1.16. The van der Waals surface area contributed by atoms with Gasteiger partial charge in [-0.25, -0.2) is 4.79 Å². The predicted octanol–water partition coefficient (Wildman–Crippen LogP) is 3.90. The Labute approximate surface area is 206 Å². The largest absolute Gasteiger partial charge is 0.465 e. The van der Waals surface area contributed by atoms with Gasteiger partial charge in [0.25, 0.3) is 0 Å². The van der Waals surface area contributed by atoms with Crippen LogP contribution >= 0.6 is 0 Å². The molecule has 4 aliphatic rings. The van der Waals surface area contributed by atoms with Gasteiger partial charge in [-0.2, -0.15) is 0 Å². The average molecular weight is 482 g/mol. The molecule has 4 atom stereocenters. The molecule has 3 heterocycles. The molecule has 8 heteroatoms. The molecule has 0 radical (unpaired) electrons. The topological polar surface area (TPSA) is 97.9 Å². The van der Waals surface area contributed by atoms with Gasteiger partial charge in [0.1, 0.15) is 6.54 Å². The average Bonchev–Trinajstić information content (AvgIpc) is 3.70. The quantitative estimate of drug-likeness (QED) is 0.456. The van der Waals surface area contributed by atoms with Crippen LogP contribution in [0, 0.1) is 5.92 Å². The molecule has 4 fully saturated rings. The molecule has 0 bridgehead atoms. The van der Waals surface area contributed by atoms with E-state index in [4.69, 9.17) is 14.6 Å². The summed E-state index contributed by atoms with van der Waals surface area (Å²) in [5, 5.41) is 10.4. The number of nitrogens with zero attached hydrogens (tertiary/aromatic N) is 2. The second-order valence-corrected chi connectivity index (χ2v) is 10.5. The molecule has 4 rings (SSSR count). The number of carbonyl (C=O) groups excluding carboxylic acids is 1. The molecule has 1 saturated carbocycles. The number of nitrogens with one attached hydrogen (secondary N) is 1. The maximum atomic E-state index is 11.4. The molecule has 8 nitrogen and oxygen atoms in total. The Morgan fingerprint density at radius 3 is 2.29 bits per heavy atom. The second-order valence-electron chi connectivity index (χ2n) is 10.5. The number of hydrogen-bond donors (Lipinski definition) is 2. The van der Waals surface area contributed by atoms with Crippen molar-refractivity contribution in [3.8, 4) is 0 Å². The Morgan fingerprint density at radius 1 is 1.15 bits per heavy atom. The molecule has 2 N–H and O–H groups in total. The second kappa shape index (κ2) is 12.9. The molecule has 34 heavy (non-hydrogen) atoms. The fourth-order valence-electron chi connectivity index (χ4n) is 4.98. The molecule has 0 aromatic rings. The molecule has 0 aromatic carbocycles. The number of ether oxygens (including phenoxy) is 2. The zero-order valence-electron chi connectivity index (χ0n) is 22.2. The van der Waals surface area contributed by atoms with Gasteiger partial charge >= 0.3 is 6.09 Å². The third kappa shape index (κ3) is 8.24. The van der Waals surface area contributed by atoms with E-state index in [0.29, 0.717) is 25.1 Å². The van der Waals surface area contributed by atoms with E-state index in [2.05, 4.69) is 50.9 Å². The summed E-state index contributed by atoms with van der Waals surface area (Å²) in [6.45, 7) is 14.8. The normalized spacial score (nSPS) is 31.9. The summed E-state index contributed by atoms with van der Waals surface area (Å²) in [5.74, 6) is 0.486. The summed E-state index contributed by atoms with van der Waals surface area (Å²) in [5.41, 5.74) is 1.71. The van der Waals surface area contributed by atoms with Crippen LogP contribution < -0.4 is 5.32 Å². The van der Waals surface area contributed by atoms with Gasteiger partial charge < -0.3 is 29.7 Å². The van der Waals surface area contributed by atoms with E-state index in [1.54, 1.807) is 4.90 Å². The number of rotatable bonds is 5. The number of hydrogen-bond acceptors (Lipinski definition) is 5. The van der Waals surface area contributed by atoms with Crippen LogP contribution in [0.15, 0.2) is 11.6 Å². The van der Waals surface area contributed by atoms with E-state index in [-0.39, 0.29) is 23.7 Å². The lowest BCUT2D eigenvalue weighted by Crippen LogP contribution is -2.49. The van der Waals surface area contributed by atoms with E-state index < -0.39 is 6.09 Å². The summed E-state index contributed by atoms with van der Waals surface area (Å²) in [7, 11) is 2.00. The van der Waals surface area contributed by atoms with Crippen molar-refractivity contribution in [3.63, 3.8) is 0 Å². The first-order valence-electron chi connectivity index (χ1n) is 13.0. The van der Waals surface area contributed by atoms with Crippen molar-refractivity contribution < 1.29 is 24.2 Å². The van der Waals surface area contributed by atoms with Crippen LogP contribution in [0.4, 0.5) is 4.79 Å². The van der Waals surface area contributed by atoms with Gasteiger partial charge in [0.05, 0.1) is 23.9 Å². The monoisotopic (exact) mass is 481 g/mol. The Bertz CT molecular complexity index is 697. The lowest BCUT2D eigenvalue weighted by molar-refractivity contribution is -0.131. The van der Waals surface area contributed by atoms with Gasteiger partial charge in [0, 0.05) is 32.1 Å². The van der Waals surface area contributed by atoms with Gasteiger partial charge in [0.15, 0.2) is 0 Å². The van der Waals surface area contributed by atoms with Crippen molar-refractivity contribution in [2.75, 3.05) is 46.4 Å². The lowest BCUT2D eigenvalue weighted by Gasteiger charge is -2.32. The summed E-state index contributed by atoms with van der Waals surface area (Å²) < 4.78 is 11.8. The number of carbonyl (C=O) groups is 2. The maximum absolute atomic E-state index is 11.4. The van der Waals surface area contributed by atoms with Crippen LogP contribution in [0.5, 0.6) is 0 Å². The number of amides is 2. The molecule has 196 valence electrons. The van der Waals surface area contributed by atoms with Crippen LogP contribution in [-0.4, -0.2) is 90.6 Å². The van der Waals surface area contributed by atoms with E-state index in [1.165, 1.54) is 37.7 Å². The van der Waals surface area contributed by atoms with Crippen LogP contribution in [-0.2, 0) is 14.3 Å². The van der Waals surface area contributed by atoms with E-state index in [9.17, 15) is 9.59 Å². The minimum absolute atomic E-state index is 0.100. The van der Waals surface area contributed by atoms with Gasteiger partial charge in [0.2, 0.25) is 5.91 Å². The van der Waals surface area contributed by atoms with Crippen molar-refractivity contribution in [2.24, 2.45) is 5.92 Å². The number of epoxide rings is 2. The highest BCUT2D eigenvalue weighted by Gasteiger charge is 2.67. The van der Waals surface area contributed by atoms with Gasteiger partial charge in [-0.3, -0.25) is 4.79 Å². The standard InChI is InChI=1S/C15H24O2.C8H15N3O3.C3H8/c1-11(2)7-8-13-14(3,17-13)12-6-4-5-9-15(12)10-16-15;1-10-2-4-11(5-3-10)7(12)6-9-8(13)14;1-3-2/h7,12-13H,4-6,8-10H2,1-3H3;9H,2-6H2,1H3,(H,13,14);3H2,1-2H3. The molecule has 3 saturated heterocycles. The van der Waals surface area contributed by atoms with Crippen molar-refractivity contribution in [3.05, 3.63) is 11.6 Å². The Morgan fingerprint density at radius 2 is 1.76 bits per heavy atom. The van der Waals surface area contributed by atoms with Crippen molar-refractivity contribution in [2.45, 2.75) is 90.4 Å². The smallest absolute Gasteiger partial charge is 0.405 e. The molecule has 3 aliphatic heterocycles. The SMILES string of the molecule is CC(C)=CCC1OC1(C)C1CCCCC12CO2.CCC.CN1CCN(C(=O)CNC(=O)O)CC1. The fourth-order valence-corrected chi connectivity index (χ4v) is 4.98. The van der Waals surface area contributed by atoms with Crippen LogP contribution in [0.1, 0.15) is 73.1 Å². The van der Waals surface area contributed by atoms with Crippen LogP contribution in [0.2, 0.25) is 0 Å². The molecule has 4 unspecified atom stereocenters. The Hall–Kier alpha value is -1.64. The third-order valence-corrected chi connectivity index (χ3v) is 7.15. The molecule has 0 aromatic heterocycles. The molecular formula is C26H47N3O5. The fraction of sp³-hybridized carbons (Fsp3) is 0.846. The van der Waals surface area contributed by atoms with Gasteiger partial charge in [-0.1, -0.05) is 44.8 Å². The van der Waals surface area contributed by atoms with E-state index >= 15 is 0 Å². The summed E-state index contributed by atoms with van der Waals surface area (Å²) in [6.07, 6.45) is 9.14. The maximum Gasteiger partial charge on any atom is 0.405 e. The summed E-state index contributed by atoms with van der Waals surface area (Å²) >= 11 is 0. The predicted molar refractivity (Wildman–Crippen MR) is 134 cm³/mol. The highest BCUT2D eigenvalue weighted by atomic mass is 16.6. The zero-order valence-corrected chi connectivity index (χ0v) is 22.2. The Kier molecular flexibility index (Phi) is 10.8. The lowest BCUT2D eigenvalue weighted by atomic mass is 9.71. The minimum Gasteiger partial charge on any atom is -0.465 e. The number of allylic oxidation sites excluding steroid dienone is 1. The van der Waals surface area contributed by atoms with Crippen LogP contribution in [0.25, 0.3) is 0 Å². The molecular weight excluding hydrogens is 434 g/mol. The first-order valence-corrected chi connectivity index (χ1v) is 13.0. The first-order chi connectivity index (χ1) is 16.1. The van der Waals surface area contributed by atoms with Crippen molar-refractivity contribution in [1.29, 1.82) is 0 Å². The first kappa shape index (κ1) is 28.6. The third-order valence-electron chi connectivity index (χ3n) is 7.15. The van der Waals surface area contributed by atoms with Crippen LogP contribution in [0.3, 0.4) is 0 Å². The van der Waals surface area contributed by atoms with Crippen molar-refractivity contribution >= 4 is 12.0 Å². The summed E-state index contributed by atoms with van der Waals surface area (Å²) in [4.78, 5) is 25.3. The molecule has 1 aliphatic carbocycles. The molecule has 1 spiro atoms. The van der Waals surface area contributed by atoms with E-state index in [0.717, 1.165) is 26.1 Å².